The van der Waals surface area contributed by atoms with E-state index in [1.165, 1.54) is 25.3 Å². The van der Waals surface area contributed by atoms with Crippen molar-refractivity contribution >= 4 is 33.7 Å². The van der Waals surface area contributed by atoms with E-state index in [1.54, 1.807) is 30.3 Å². The van der Waals surface area contributed by atoms with Crippen molar-refractivity contribution in [2.75, 3.05) is 0 Å². The van der Waals surface area contributed by atoms with Crippen molar-refractivity contribution < 1.29 is 27.5 Å². The fraction of sp³-hybridized carbons (Fsp3) is 0.190. The number of halogens is 3. The Kier molecular flexibility index (Phi) is 4.81. The summed E-state index contributed by atoms with van der Waals surface area (Å²) in [5.74, 6) is -2.62. The van der Waals surface area contributed by atoms with Gasteiger partial charge in [0.25, 0.3) is 0 Å². The Bertz CT molecular complexity index is 1260. The Labute approximate surface area is 168 Å². The van der Waals surface area contributed by atoms with E-state index in [0.29, 0.717) is 10.9 Å². The number of carbonyl (C=O) groups excluding carboxylic acids is 2. The lowest BCUT2D eigenvalue weighted by Gasteiger charge is -2.14. The molecule has 9 heteroatoms. The monoisotopic (exact) mass is 415 g/mol. The summed E-state index contributed by atoms with van der Waals surface area (Å²) in [6.07, 6.45) is -4.39. The number of para-hydroxylation sites is 3. The first-order chi connectivity index (χ1) is 14.3. The molecule has 4 aromatic rings. The van der Waals surface area contributed by atoms with Crippen LogP contribution in [0, 0.1) is 0 Å². The predicted octanol–water partition coefficient (Wildman–Crippen LogP) is 4.35. The Hall–Kier alpha value is -3.62. The maximum Gasteiger partial charge on any atom is 0.449 e. The zero-order valence-corrected chi connectivity index (χ0v) is 15.7. The number of aromatic nitrogens is 3. The molecule has 0 bridgehead atoms. The molecule has 0 saturated carbocycles. The topological polar surface area (TPSA) is 77.0 Å². The third kappa shape index (κ3) is 3.54. The lowest BCUT2D eigenvalue weighted by atomic mass is 10.1. The second-order valence-corrected chi connectivity index (χ2v) is 6.75. The van der Waals surface area contributed by atoms with Gasteiger partial charge in [-0.1, -0.05) is 30.3 Å². The minimum atomic E-state index is -4.75. The molecular formula is C21H16F3N3O3. The van der Waals surface area contributed by atoms with Crippen LogP contribution >= 0.6 is 0 Å². The third-order valence-electron chi connectivity index (χ3n) is 4.73. The van der Waals surface area contributed by atoms with E-state index in [-0.39, 0.29) is 11.0 Å². The van der Waals surface area contributed by atoms with Gasteiger partial charge >= 0.3 is 12.1 Å². The molecule has 1 N–H and O–H groups in total. The molecular weight excluding hydrogens is 399 g/mol. The zero-order chi connectivity index (χ0) is 21.5. The highest BCUT2D eigenvalue weighted by Crippen LogP contribution is 2.31. The van der Waals surface area contributed by atoms with Gasteiger partial charge in [0.05, 0.1) is 11.0 Å². The Balaban J connectivity index is 1.56. The van der Waals surface area contributed by atoms with Crippen LogP contribution in [0.2, 0.25) is 0 Å². The van der Waals surface area contributed by atoms with E-state index in [9.17, 15) is 22.8 Å². The molecule has 0 fully saturated rings. The number of nitrogens with one attached hydrogen (secondary N) is 1. The number of hydrogen-bond donors (Lipinski definition) is 1. The van der Waals surface area contributed by atoms with Gasteiger partial charge in [0, 0.05) is 22.7 Å². The molecule has 0 aliphatic carbocycles. The van der Waals surface area contributed by atoms with Crippen molar-refractivity contribution in [1.29, 1.82) is 0 Å². The molecule has 154 valence electrons. The van der Waals surface area contributed by atoms with Crippen molar-refractivity contribution in [3.63, 3.8) is 0 Å². The van der Waals surface area contributed by atoms with Crippen molar-refractivity contribution in [2.24, 2.45) is 0 Å². The number of carbonyl (C=O) groups is 2. The van der Waals surface area contributed by atoms with E-state index < -0.39 is 36.4 Å². The van der Waals surface area contributed by atoms with E-state index >= 15 is 0 Å². The van der Waals surface area contributed by atoms with E-state index in [4.69, 9.17) is 4.74 Å². The van der Waals surface area contributed by atoms with Gasteiger partial charge in [-0.2, -0.15) is 13.2 Å². The largest absolute Gasteiger partial charge is 0.453 e. The average molecular weight is 415 g/mol. The number of aromatic amines is 1. The number of ether oxygens (including phenoxy) is 1. The number of hydrogen-bond acceptors (Lipinski definition) is 4. The number of alkyl halides is 3. The summed E-state index contributed by atoms with van der Waals surface area (Å²) in [6.45, 7) is 0.666. The summed E-state index contributed by atoms with van der Waals surface area (Å²) < 4.78 is 46.0. The van der Waals surface area contributed by atoms with Crippen molar-refractivity contribution in [3.8, 4) is 0 Å². The first-order valence-corrected chi connectivity index (χ1v) is 9.08. The number of ketones is 1. The minimum absolute atomic E-state index is 0.112. The summed E-state index contributed by atoms with van der Waals surface area (Å²) in [6, 6.07) is 13.1. The minimum Gasteiger partial charge on any atom is -0.453 e. The number of H-pyrrole nitrogens is 1. The van der Waals surface area contributed by atoms with Gasteiger partial charge in [-0.05, 0) is 25.1 Å². The van der Waals surface area contributed by atoms with Crippen molar-refractivity contribution in [2.45, 2.75) is 25.7 Å². The van der Waals surface area contributed by atoms with Gasteiger partial charge < -0.3 is 14.3 Å². The first kappa shape index (κ1) is 19.7. The summed E-state index contributed by atoms with van der Waals surface area (Å²) in [7, 11) is 0. The zero-order valence-electron chi connectivity index (χ0n) is 15.7. The third-order valence-corrected chi connectivity index (χ3v) is 4.73. The highest BCUT2D eigenvalue weighted by atomic mass is 19.4. The van der Waals surface area contributed by atoms with Gasteiger partial charge in [-0.25, -0.2) is 4.98 Å². The molecule has 1 unspecified atom stereocenters. The Morgan fingerprint density at radius 1 is 1.13 bits per heavy atom. The Morgan fingerprint density at radius 2 is 1.83 bits per heavy atom. The molecule has 4 rings (SSSR count). The molecule has 2 aromatic carbocycles. The fourth-order valence-electron chi connectivity index (χ4n) is 3.36. The number of imidazole rings is 1. The van der Waals surface area contributed by atoms with Gasteiger partial charge in [-0.15, -0.1) is 0 Å². The van der Waals surface area contributed by atoms with Gasteiger partial charge in [0.1, 0.15) is 6.54 Å². The quantitative estimate of drug-likeness (QED) is 0.388. The van der Waals surface area contributed by atoms with E-state index in [0.717, 1.165) is 10.1 Å². The normalized spacial score (nSPS) is 12.9. The van der Waals surface area contributed by atoms with Crippen LogP contribution in [0.3, 0.4) is 0 Å². The SMILES string of the molecule is CC(OC(=O)Cn1c(C(F)(F)F)nc2ccccc21)C(=O)c1c[nH]c2ccccc12. The predicted molar refractivity (Wildman–Crippen MR) is 103 cm³/mol. The fourth-order valence-corrected chi connectivity index (χ4v) is 3.36. The number of nitrogens with zero attached hydrogens (tertiary/aromatic N) is 2. The van der Waals surface area contributed by atoms with E-state index in [1.807, 2.05) is 6.07 Å². The first-order valence-electron chi connectivity index (χ1n) is 9.08. The van der Waals surface area contributed by atoms with E-state index in [2.05, 4.69) is 9.97 Å². The average Bonchev–Trinajstić information content (AvgIpc) is 3.29. The molecule has 0 aliphatic rings. The van der Waals surface area contributed by atoms with Gasteiger partial charge in [0.15, 0.2) is 6.10 Å². The molecule has 2 aromatic heterocycles. The van der Waals surface area contributed by atoms with Gasteiger partial charge in [0.2, 0.25) is 11.6 Å². The van der Waals surface area contributed by atoms with Gasteiger partial charge in [-0.3, -0.25) is 9.59 Å². The Morgan fingerprint density at radius 3 is 2.60 bits per heavy atom. The van der Waals surface area contributed by atoms with Crippen LogP contribution in [0.25, 0.3) is 21.9 Å². The molecule has 30 heavy (non-hydrogen) atoms. The summed E-state index contributed by atoms with van der Waals surface area (Å²) in [4.78, 5) is 31.6. The molecule has 0 aliphatic heterocycles. The van der Waals surface area contributed by atoms with Crippen LogP contribution in [0.1, 0.15) is 23.1 Å². The highest BCUT2D eigenvalue weighted by Gasteiger charge is 2.38. The van der Waals surface area contributed by atoms with Crippen LogP contribution in [0.4, 0.5) is 13.2 Å². The highest BCUT2D eigenvalue weighted by molar-refractivity contribution is 6.10. The molecule has 6 nitrogen and oxygen atoms in total. The maximum absolute atomic E-state index is 13.4. The van der Waals surface area contributed by atoms with Crippen LogP contribution in [-0.2, 0) is 22.3 Å². The second-order valence-electron chi connectivity index (χ2n) is 6.75. The molecule has 0 amide bonds. The number of esters is 1. The standard InChI is InChI=1S/C21H16F3N3O3/c1-12(19(29)14-10-25-15-7-3-2-6-13(14)15)30-18(28)11-27-17-9-5-4-8-16(17)26-20(27)21(22,23)24/h2-10,12,25H,11H2,1H3. The van der Waals surface area contributed by atoms with Crippen LogP contribution in [0.5, 0.6) is 0 Å². The summed E-state index contributed by atoms with van der Waals surface area (Å²) in [5.41, 5.74) is 1.35. The number of rotatable bonds is 5. The molecule has 1 atom stereocenters. The second kappa shape index (κ2) is 7.33. The van der Waals surface area contributed by atoms with Crippen molar-refractivity contribution in [3.05, 3.63) is 66.1 Å². The van der Waals surface area contributed by atoms with Crippen molar-refractivity contribution in [1.82, 2.24) is 14.5 Å². The maximum atomic E-state index is 13.4. The molecule has 0 radical (unpaired) electrons. The summed E-state index contributed by atoms with van der Waals surface area (Å²) in [5, 5.41) is 0.672. The lowest BCUT2D eigenvalue weighted by molar-refractivity contribution is -0.152. The number of Topliss-reactive ketones (excluding diaryl/α,β-unsaturated/α-hetero) is 1. The van der Waals surface area contributed by atoms with Crippen LogP contribution in [0.15, 0.2) is 54.7 Å². The number of benzene rings is 2. The van der Waals surface area contributed by atoms with Crippen LogP contribution in [-0.4, -0.2) is 32.4 Å². The van der Waals surface area contributed by atoms with Crippen LogP contribution < -0.4 is 0 Å². The molecule has 0 spiro atoms. The number of fused-ring (bicyclic) bond motifs is 2. The summed E-state index contributed by atoms with van der Waals surface area (Å²) >= 11 is 0. The smallest absolute Gasteiger partial charge is 0.449 e. The molecule has 2 heterocycles. The molecule has 0 saturated heterocycles. The lowest BCUT2D eigenvalue weighted by Crippen LogP contribution is -2.27.